The third kappa shape index (κ3) is 2.07. The Bertz CT molecular complexity index is 521. The van der Waals surface area contributed by atoms with E-state index in [4.69, 9.17) is 0 Å². The Kier molecular flexibility index (Phi) is 3.16. The van der Waals surface area contributed by atoms with Crippen molar-refractivity contribution in [3.63, 3.8) is 0 Å². The molecule has 1 N–H and O–H groups in total. The van der Waals surface area contributed by atoms with Gasteiger partial charge in [0.15, 0.2) is 11.6 Å². The highest BCUT2D eigenvalue weighted by molar-refractivity contribution is 5.19. The number of benzene rings is 1. The van der Waals surface area contributed by atoms with E-state index in [9.17, 15) is 8.78 Å². The molecule has 3 atom stereocenters. The average Bonchev–Trinajstić information content (AvgIpc) is 2.84. The molecule has 3 heteroatoms. The second-order valence-corrected chi connectivity index (χ2v) is 7.48. The highest BCUT2D eigenvalue weighted by atomic mass is 19.2. The largest absolute Gasteiger partial charge is 0.309 e. The van der Waals surface area contributed by atoms with Gasteiger partial charge in [0.05, 0.1) is 0 Å². The number of halogens is 2. The van der Waals surface area contributed by atoms with E-state index in [1.807, 2.05) is 0 Å². The minimum Gasteiger partial charge on any atom is -0.309 e. The molecule has 2 fully saturated rings. The van der Waals surface area contributed by atoms with Gasteiger partial charge in [0.2, 0.25) is 0 Å². The quantitative estimate of drug-likeness (QED) is 0.871. The first-order valence-corrected chi connectivity index (χ1v) is 7.50. The van der Waals surface area contributed by atoms with Crippen molar-refractivity contribution in [3.05, 3.63) is 35.4 Å². The summed E-state index contributed by atoms with van der Waals surface area (Å²) in [4.78, 5) is 0. The van der Waals surface area contributed by atoms with Gasteiger partial charge in [-0.05, 0) is 53.7 Å². The van der Waals surface area contributed by atoms with Gasteiger partial charge in [-0.2, -0.15) is 0 Å². The lowest BCUT2D eigenvalue weighted by Gasteiger charge is -2.43. The second kappa shape index (κ2) is 4.52. The van der Waals surface area contributed by atoms with Crippen LogP contribution in [0.25, 0.3) is 0 Å². The molecule has 3 rings (SSSR count). The van der Waals surface area contributed by atoms with Gasteiger partial charge >= 0.3 is 0 Å². The van der Waals surface area contributed by atoms with Crippen molar-refractivity contribution in [2.45, 2.75) is 52.6 Å². The Morgan fingerprint density at radius 3 is 2.55 bits per heavy atom. The fourth-order valence-corrected chi connectivity index (χ4v) is 4.68. The van der Waals surface area contributed by atoms with Crippen LogP contribution in [0.4, 0.5) is 8.78 Å². The van der Waals surface area contributed by atoms with Crippen LogP contribution >= 0.6 is 0 Å². The van der Waals surface area contributed by atoms with Gasteiger partial charge in [-0.25, -0.2) is 8.78 Å². The number of rotatable bonds is 3. The zero-order chi connectivity index (χ0) is 14.5. The van der Waals surface area contributed by atoms with Crippen LogP contribution in [0.3, 0.4) is 0 Å². The molecule has 2 bridgehead atoms. The van der Waals surface area contributed by atoms with Gasteiger partial charge in [0, 0.05) is 12.6 Å². The second-order valence-electron chi connectivity index (χ2n) is 7.48. The van der Waals surface area contributed by atoms with E-state index in [1.165, 1.54) is 31.4 Å². The summed E-state index contributed by atoms with van der Waals surface area (Å²) >= 11 is 0. The summed E-state index contributed by atoms with van der Waals surface area (Å²) in [6.45, 7) is 7.65. The molecule has 0 heterocycles. The molecule has 0 spiro atoms. The van der Waals surface area contributed by atoms with E-state index in [0.29, 0.717) is 18.0 Å². The number of fused-ring (bicyclic) bond motifs is 2. The first-order chi connectivity index (χ1) is 9.33. The fourth-order valence-electron chi connectivity index (χ4n) is 4.68. The van der Waals surface area contributed by atoms with E-state index in [1.54, 1.807) is 6.07 Å². The van der Waals surface area contributed by atoms with Crippen LogP contribution in [-0.4, -0.2) is 6.04 Å². The highest BCUT2D eigenvalue weighted by Gasteiger charge is 2.58. The molecule has 20 heavy (non-hydrogen) atoms. The maximum Gasteiger partial charge on any atom is 0.159 e. The van der Waals surface area contributed by atoms with Crippen molar-refractivity contribution in [3.8, 4) is 0 Å². The normalized spacial score (nSPS) is 34.6. The smallest absolute Gasteiger partial charge is 0.159 e. The zero-order valence-corrected chi connectivity index (χ0v) is 12.5. The Morgan fingerprint density at radius 1 is 1.20 bits per heavy atom. The van der Waals surface area contributed by atoms with Crippen molar-refractivity contribution in [1.29, 1.82) is 0 Å². The molecule has 1 aromatic rings. The van der Waals surface area contributed by atoms with Crippen molar-refractivity contribution < 1.29 is 8.78 Å². The van der Waals surface area contributed by atoms with E-state index in [-0.39, 0.29) is 5.41 Å². The molecule has 0 aromatic heterocycles. The molecule has 0 saturated heterocycles. The van der Waals surface area contributed by atoms with E-state index >= 15 is 0 Å². The zero-order valence-electron chi connectivity index (χ0n) is 12.5. The predicted octanol–water partition coefficient (Wildman–Crippen LogP) is 4.27. The molecule has 2 saturated carbocycles. The molecular formula is C17H23F2N. The first-order valence-electron chi connectivity index (χ1n) is 7.50. The fraction of sp³-hybridized carbons (Fsp3) is 0.647. The molecule has 110 valence electrons. The number of hydrogen-bond acceptors (Lipinski definition) is 1. The minimum absolute atomic E-state index is 0.283. The number of nitrogens with one attached hydrogen (secondary N) is 1. The molecule has 1 aromatic carbocycles. The van der Waals surface area contributed by atoms with Gasteiger partial charge < -0.3 is 5.32 Å². The highest BCUT2D eigenvalue weighted by Crippen LogP contribution is 2.62. The molecule has 2 aliphatic carbocycles. The minimum atomic E-state index is -0.777. The van der Waals surface area contributed by atoms with Crippen LogP contribution in [0.1, 0.15) is 45.6 Å². The molecule has 2 aliphatic rings. The standard InChI is InChI=1S/C17H23F2N/c1-16(2)12-6-7-17(3,9-12)15(16)20-10-11-4-5-13(18)14(19)8-11/h4-5,8,12,15,20H,6-7,9-10H2,1-3H3. The third-order valence-electron chi connectivity index (χ3n) is 5.76. The Morgan fingerprint density at radius 2 is 1.95 bits per heavy atom. The topological polar surface area (TPSA) is 12.0 Å². The van der Waals surface area contributed by atoms with Crippen LogP contribution < -0.4 is 5.32 Å². The number of hydrogen-bond donors (Lipinski definition) is 1. The van der Waals surface area contributed by atoms with Crippen LogP contribution in [0.15, 0.2) is 18.2 Å². The van der Waals surface area contributed by atoms with Crippen LogP contribution in [0.2, 0.25) is 0 Å². The lowest BCUT2D eigenvalue weighted by Crippen LogP contribution is -2.49. The van der Waals surface area contributed by atoms with Gasteiger partial charge in [-0.15, -0.1) is 0 Å². The van der Waals surface area contributed by atoms with Crippen LogP contribution in [0.5, 0.6) is 0 Å². The lowest BCUT2D eigenvalue weighted by molar-refractivity contribution is 0.108. The molecular weight excluding hydrogens is 256 g/mol. The van der Waals surface area contributed by atoms with Crippen LogP contribution in [0, 0.1) is 28.4 Å². The maximum atomic E-state index is 13.3. The Hall–Kier alpha value is -0.960. The Balaban J connectivity index is 1.73. The van der Waals surface area contributed by atoms with Crippen LogP contribution in [-0.2, 0) is 6.54 Å². The summed E-state index contributed by atoms with van der Waals surface area (Å²) in [6, 6.07) is 4.61. The van der Waals surface area contributed by atoms with E-state index < -0.39 is 11.6 Å². The van der Waals surface area contributed by atoms with E-state index in [2.05, 4.69) is 26.1 Å². The summed E-state index contributed by atoms with van der Waals surface area (Å²) in [5, 5.41) is 3.62. The van der Waals surface area contributed by atoms with Gasteiger partial charge in [0.1, 0.15) is 0 Å². The molecule has 0 aliphatic heterocycles. The SMILES string of the molecule is CC12CCC(C1)C(C)(C)C2NCc1ccc(F)c(F)c1. The predicted molar refractivity (Wildman–Crippen MR) is 76.2 cm³/mol. The van der Waals surface area contributed by atoms with Crippen molar-refractivity contribution in [2.75, 3.05) is 0 Å². The van der Waals surface area contributed by atoms with Gasteiger partial charge in [-0.3, -0.25) is 0 Å². The van der Waals surface area contributed by atoms with Gasteiger partial charge in [-0.1, -0.05) is 26.8 Å². The summed E-state index contributed by atoms with van der Waals surface area (Å²) < 4.78 is 26.2. The lowest BCUT2D eigenvalue weighted by atomic mass is 9.68. The summed E-state index contributed by atoms with van der Waals surface area (Å²) in [5.74, 6) is -0.751. The Labute approximate surface area is 119 Å². The summed E-state index contributed by atoms with van der Waals surface area (Å²) in [5.41, 5.74) is 1.45. The third-order valence-corrected chi connectivity index (χ3v) is 5.76. The first kappa shape index (κ1) is 14.0. The summed E-state index contributed by atoms with van der Waals surface area (Å²) in [6.07, 6.45) is 3.89. The van der Waals surface area contributed by atoms with Crippen molar-refractivity contribution >= 4 is 0 Å². The monoisotopic (exact) mass is 279 g/mol. The molecule has 0 radical (unpaired) electrons. The molecule has 3 unspecified atom stereocenters. The molecule has 0 amide bonds. The molecule has 1 nitrogen and oxygen atoms in total. The maximum absolute atomic E-state index is 13.3. The van der Waals surface area contributed by atoms with E-state index in [0.717, 1.165) is 11.5 Å². The summed E-state index contributed by atoms with van der Waals surface area (Å²) in [7, 11) is 0. The van der Waals surface area contributed by atoms with Crippen molar-refractivity contribution in [1.82, 2.24) is 5.32 Å². The average molecular weight is 279 g/mol. The van der Waals surface area contributed by atoms with Crippen molar-refractivity contribution in [2.24, 2.45) is 16.7 Å². The van der Waals surface area contributed by atoms with Gasteiger partial charge in [0.25, 0.3) is 0 Å².